The number of rotatable bonds is 4. The van der Waals surface area contributed by atoms with Gasteiger partial charge in [-0.1, -0.05) is 6.08 Å². The molecule has 0 aliphatic heterocycles. The third kappa shape index (κ3) is 2.74. The lowest BCUT2D eigenvalue weighted by molar-refractivity contribution is 0.219. The first-order valence-corrected chi connectivity index (χ1v) is 6.13. The summed E-state index contributed by atoms with van der Waals surface area (Å²) >= 11 is 0. The van der Waals surface area contributed by atoms with Crippen LogP contribution in [0, 0.1) is 0 Å². The Labute approximate surface area is 115 Å². The Hall–Kier alpha value is -2.11. The van der Waals surface area contributed by atoms with Crippen molar-refractivity contribution < 1.29 is 19.4 Å². The van der Waals surface area contributed by atoms with Gasteiger partial charge in [-0.2, -0.15) is 0 Å². The third-order valence-corrected chi connectivity index (χ3v) is 3.00. The molecule has 1 atom stereocenters. The maximum Gasteiger partial charge on any atom is 0.336 e. The number of hydrogen-bond donors (Lipinski definition) is 2. The van der Waals surface area contributed by atoms with E-state index in [9.17, 15) is 9.90 Å². The predicted octanol–water partition coefficient (Wildman–Crippen LogP) is 1.77. The summed E-state index contributed by atoms with van der Waals surface area (Å²) in [4.78, 5) is 11.4. The topological polar surface area (TPSA) is 79.9 Å². The molecule has 5 heteroatoms. The summed E-state index contributed by atoms with van der Waals surface area (Å²) in [6.45, 7) is 1.53. The van der Waals surface area contributed by atoms with Gasteiger partial charge in [-0.15, -0.1) is 0 Å². The van der Waals surface area contributed by atoms with Crippen molar-refractivity contribution in [3.63, 3.8) is 0 Å². The molecule has 2 rings (SSSR count). The summed E-state index contributed by atoms with van der Waals surface area (Å²) < 4.78 is 10.4. The normalized spacial score (nSPS) is 13.5. The molecule has 0 bridgehead atoms. The minimum Gasteiger partial charge on any atom is -0.496 e. The quantitative estimate of drug-likeness (QED) is 0.657. The average Bonchev–Trinajstić information content (AvgIpc) is 2.45. The highest BCUT2D eigenvalue weighted by atomic mass is 16.5. The molecule has 0 aliphatic rings. The van der Waals surface area contributed by atoms with E-state index >= 15 is 0 Å². The van der Waals surface area contributed by atoms with Gasteiger partial charge in [-0.3, -0.25) is 0 Å². The van der Waals surface area contributed by atoms with E-state index in [2.05, 4.69) is 0 Å². The van der Waals surface area contributed by atoms with Crippen LogP contribution < -0.4 is 10.4 Å². The van der Waals surface area contributed by atoms with Gasteiger partial charge in [0.25, 0.3) is 0 Å². The smallest absolute Gasteiger partial charge is 0.336 e. The molecule has 0 spiro atoms. The van der Waals surface area contributed by atoms with Crippen molar-refractivity contribution in [2.75, 3.05) is 13.7 Å². The second kappa shape index (κ2) is 5.90. The first-order valence-electron chi connectivity index (χ1n) is 6.13. The molecule has 0 saturated heterocycles. The number of methoxy groups -OCH3 is 1. The lowest BCUT2D eigenvalue weighted by Gasteiger charge is -2.14. The molecule has 1 aromatic carbocycles. The van der Waals surface area contributed by atoms with Gasteiger partial charge in [-0.25, -0.2) is 4.79 Å². The fourth-order valence-electron chi connectivity index (χ4n) is 2.00. The Balaban J connectivity index is 2.70. The van der Waals surface area contributed by atoms with Gasteiger partial charge in [-0.05, 0) is 30.7 Å². The lowest BCUT2D eigenvalue weighted by Crippen LogP contribution is -2.03. The van der Waals surface area contributed by atoms with Crippen LogP contribution in [0.1, 0.15) is 18.6 Å². The number of aliphatic hydroxyl groups excluding tert-OH is 2. The van der Waals surface area contributed by atoms with Crippen LogP contribution in [0.2, 0.25) is 0 Å². The number of hydrogen-bond acceptors (Lipinski definition) is 5. The molecule has 1 unspecified atom stereocenters. The van der Waals surface area contributed by atoms with Gasteiger partial charge in [0.05, 0.1) is 19.3 Å². The monoisotopic (exact) mass is 276 g/mol. The van der Waals surface area contributed by atoms with Crippen molar-refractivity contribution in [3.8, 4) is 5.75 Å². The number of fused-ring (bicyclic) bond motifs is 1. The maximum absolute atomic E-state index is 11.4. The van der Waals surface area contributed by atoms with E-state index < -0.39 is 11.7 Å². The summed E-state index contributed by atoms with van der Waals surface area (Å²) in [5.74, 6) is 0.418. The molecule has 1 heterocycles. The molecular weight excluding hydrogens is 260 g/mol. The molecule has 20 heavy (non-hydrogen) atoms. The Bertz CT molecular complexity index is 699. The van der Waals surface area contributed by atoms with E-state index in [1.165, 1.54) is 19.3 Å². The molecule has 0 aliphatic carbocycles. The van der Waals surface area contributed by atoms with Gasteiger partial charge in [0, 0.05) is 11.5 Å². The van der Waals surface area contributed by atoms with Crippen LogP contribution in [-0.2, 0) is 0 Å². The van der Waals surface area contributed by atoms with Crippen molar-refractivity contribution in [1.82, 2.24) is 0 Å². The zero-order chi connectivity index (χ0) is 14.7. The highest BCUT2D eigenvalue weighted by molar-refractivity contribution is 5.82. The summed E-state index contributed by atoms with van der Waals surface area (Å²) in [6, 6.07) is 6.39. The molecule has 1 aromatic heterocycles. The molecule has 0 fully saturated rings. The highest BCUT2D eigenvalue weighted by Crippen LogP contribution is 2.33. The first-order chi connectivity index (χ1) is 9.56. The minimum atomic E-state index is -1.04. The summed E-state index contributed by atoms with van der Waals surface area (Å²) in [5, 5.41) is 20.0. The standard InChI is InChI=1S/C15H16O5/c1-9(8-16)7-11(17)14-12(19-2)5-3-10-4-6-13(18)20-15(10)14/h3-7,11,16-17H,8H2,1-2H3. The fourth-order valence-corrected chi connectivity index (χ4v) is 2.00. The summed E-state index contributed by atoms with van der Waals surface area (Å²) in [7, 11) is 1.47. The minimum absolute atomic E-state index is 0.159. The molecule has 0 saturated carbocycles. The van der Waals surface area contributed by atoms with E-state index in [0.29, 0.717) is 22.3 Å². The van der Waals surface area contributed by atoms with Gasteiger partial charge < -0.3 is 19.4 Å². The molecule has 106 valence electrons. The Morgan fingerprint density at radius 3 is 2.75 bits per heavy atom. The molecule has 5 nitrogen and oxygen atoms in total. The van der Waals surface area contributed by atoms with Crippen LogP contribution in [0.3, 0.4) is 0 Å². The zero-order valence-electron chi connectivity index (χ0n) is 11.3. The van der Waals surface area contributed by atoms with Crippen LogP contribution in [0.5, 0.6) is 5.75 Å². The third-order valence-electron chi connectivity index (χ3n) is 3.00. The van der Waals surface area contributed by atoms with Crippen LogP contribution in [0.4, 0.5) is 0 Å². The zero-order valence-corrected chi connectivity index (χ0v) is 11.3. The lowest BCUT2D eigenvalue weighted by atomic mass is 10.0. The van der Waals surface area contributed by atoms with Gasteiger partial charge >= 0.3 is 5.63 Å². The van der Waals surface area contributed by atoms with Crippen LogP contribution in [0.25, 0.3) is 11.0 Å². The van der Waals surface area contributed by atoms with Crippen molar-refractivity contribution >= 4 is 11.0 Å². The van der Waals surface area contributed by atoms with E-state index in [1.807, 2.05) is 0 Å². The van der Waals surface area contributed by atoms with E-state index in [0.717, 1.165) is 0 Å². The van der Waals surface area contributed by atoms with Crippen molar-refractivity contribution in [2.24, 2.45) is 0 Å². The number of benzene rings is 1. The van der Waals surface area contributed by atoms with Crippen molar-refractivity contribution in [3.05, 3.63) is 51.9 Å². The van der Waals surface area contributed by atoms with E-state index in [4.69, 9.17) is 14.3 Å². The number of ether oxygens (including phenoxy) is 1. The van der Waals surface area contributed by atoms with Crippen molar-refractivity contribution in [1.29, 1.82) is 0 Å². The van der Waals surface area contributed by atoms with E-state index in [1.54, 1.807) is 25.1 Å². The summed E-state index contributed by atoms with van der Waals surface area (Å²) in [5.41, 5.74) is 0.763. The molecule has 0 amide bonds. The second-order valence-electron chi connectivity index (χ2n) is 4.47. The molecule has 0 radical (unpaired) electrons. The number of aliphatic hydroxyl groups is 2. The SMILES string of the molecule is COc1ccc2ccc(=O)oc2c1C(O)C=C(C)CO. The largest absolute Gasteiger partial charge is 0.496 e. The first kappa shape index (κ1) is 14.3. The molecular formula is C15H16O5. The molecule has 2 N–H and O–H groups in total. The van der Waals surface area contributed by atoms with Crippen molar-refractivity contribution in [2.45, 2.75) is 13.0 Å². The van der Waals surface area contributed by atoms with Gasteiger partial charge in [0.15, 0.2) is 0 Å². The van der Waals surface area contributed by atoms with E-state index in [-0.39, 0.29) is 12.2 Å². The highest BCUT2D eigenvalue weighted by Gasteiger charge is 2.17. The summed E-state index contributed by atoms with van der Waals surface area (Å²) in [6.07, 6.45) is 0.455. The van der Waals surface area contributed by atoms with Crippen LogP contribution in [0.15, 0.2) is 45.1 Å². The second-order valence-corrected chi connectivity index (χ2v) is 4.47. The molecule has 2 aromatic rings. The van der Waals surface area contributed by atoms with Crippen LogP contribution in [-0.4, -0.2) is 23.9 Å². The van der Waals surface area contributed by atoms with Gasteiger partial charge in [0.1, 0.15) is 17.4 Å². The van der Waals surface area contributed by atoms with Crippen LogP contribution >= 0.6 is 0 Å². The predicted molar refractivity (Wildman–Crippen MR) is 74.8 cm³/mol. The average molecular weight is 276 g/mol. The Kier molecular flexibility index (Phi) is 4.22. The Morgan fingerprint density at radius 1 is 1.40 bits per heavy atom. The fraction of sp³-hybridized carbons (Fsp3) is 0.267. The van der Waals surface area contributed by atoms with Gasteiger partial charge in [0.2, 0.25) is 0 Å². The maximum atomic E-state index is 11.4. The Morgan fingerprint density at radius 2 is 2.10 bits per heavy atom.